The van der Waals surface area contributed by atoms with Gasteiger partial charge in [-0.05, 0) is 30.1 Å². The smallest absolute Gasteiger partial charge is 0.164 e. The summed E-state index contributed by atoms with van der Waals surface area (Å²) in [6.45, 7) is 2.08. The first-order valence-electron chi connectivity index (χ1n) is 7.50. The number of aryl methyl sites for hydroxylation is 1. The van der Waals surface area contributed by atoms with Crippen LogP contribution in [0.4, 0.5) is 0 Å². The van der Waals surface area contributed by atoms with E-state index in [1.807, 2.05) is 18.3 Å². The summed E-state index contributed by atoms with van der Waals surface area (Å²) in [5.74, 6) is 2.03. The molecule has 0 bridgehead atoms. The van der Waals surface area contributed by atoms with Crippen molar-refractivity contribution < 1.29 is 14.2 Å². The van der Waals surface area contributed by atoms with Gasteiger partial charge in [0.05, 0.1) is 26.2 Å². The molecule has 0 radical (unpaired) electrons. The number of nitrogens with zero attached hydrogens (tertiary/aromatic N) is 1. The summed E-state index contributed by atoms with van der Waals surface area (Å²) in [5, 5.41) is 0. The molecular formula is C19H19NO3S. The Labute approximate surface area is 145 Å². The molecule has 0 unspecified atom stereocenters. The molecule has 0 atom stereocenters. The van der Waals surface area contributed by atoms with Crippen LogP contribution >= 0.6 is 11.5 Å². The van der Waals surface area contributed by atoms with E-state index in [9.17, 15) is 0 Å². The Morgan fingerprint density at radius 3 is 2.04 bits per heavy atom. The molecule has 3 rings (SSSR count). The largest absolute Gasteiger partial charge is 0.496 e. The molecule has 5 heteroatoms. The third-order valence-electron chi connectivity index (χ3n) is 3.88. The van der Waals surface area contributed by atoms with Gasteiger partial charge in [-0.1, -0.05) is 29.8 Å². The Kier molecular flexibility index (Phi) is 4.71. The van der Waals surface area contributed by atoms with E-state index in [1.54, 1.807) is 21.3 Å². The van der Waals surface area contributed by atoms with E-state index in [4.69, 9.17) is 14.2 Å². The number of methoxy groups -OCH3 is 3. The van der Waals surface area contributed by atoms with E-state index in [0.717, 1.165) is 27.3 Å². The van der Waals surface area contributed by atoms with E-state index in [2.05, 4.69) is 35.6 Å². The lowest BCUT2D eigenvalue weighted by Gasteiger charge is -2.14. The van der Waals surface area contributed by atoms with Crippen molar-refractivity contribution in [1.82, 2.24) is 4.37 Å². The van der Waals surface area contributed by atoms with Crippen LogP contribution < -0.4 is 14.2 Å². The molecule has 4 nitrogen and oxygen atoms in total. The summed E-state index contributed by atoms with van der Waals surface area (Å²) in [4.78, 5) is 1.04. The molecule has 24 heavy (non-hydrogen) atoms. The van der Waals surface area contributed by atoms with Crippen LogP contribution in [0.3, 0.4) is 0 Å². The van der Waals surface area contributed by atoms with Gasteiger partial charge >= 0.3 is 0 Å². The third kappa shape index (κ3) is 2.95. The number of benzene rings is 2. The molecule has 1 aromatic heterocycles. The topological polar surface area (TPSA) is 40.6 Å². The molecule has 0 aliphatic heterocycles. The Hall–Kier alpha value is -2.53. The summed E-state index contributed by atoms with van der Waals surface area (Å²) >= 11 is 1.44. The van der Waals surface area contributed by atoms with Crippen LogP contribution in [0.1, 0.15) is 5.56 Å². The van der Waals surface area contributed by atoms with Crippen molar-refractivity contribution in [3.8, 4) is 38.8 Å². The average Bonchev–Trinajstić information content (AvgIpc) is 3.10. The molecule has 0 spiro atoms. The minimum absolute atomic E-state index is 0.638. The summed E-state index contributed by atoms with van der Waals surface area (Å²) in [6.07, 6.45) is 1.89. The fourth-order valence-corrected chi connectivity index (χ4v) is 3.37. The molecule has 0 N–H and O–H groups in total. The molecule has 0 aliphatic rings. The Balaban J connectivity index is 2.16. The molecule has 124 valence electrons. The molecule has 1 heterocycles. The zero-order chi connectivity index (χ0) is 17.1. The minimum Gasteiger partial charge on any atom is -0.496 e. The highest BCUT2D eigenvalue weighted by Gasteiger charge is 2.18. The Morgan fingerprint density at radius 1 is 0.792 bits per heavy atom. The lowest BCUT2D eigenvalue weighted by molar-refractivity contribution is 0.349. The molecule has 0 aliphatic carbocycles. The van der Waals surface area contributed by atoms with Crippen LogP contribution in [0, 0.1) is 6.92 Å². The van der Waals surface area contributed by atoms with Gasteiger partial charge in [-0.3, -0.25) is 0 Å². The normalized spacial score (nSPS) is 10.5. The molecule has 3 aromatic rings. The molecule has 0 amide bonds. The summed E-state index contributed by atoms with van der Waals surface area (Å²) in [7, 11) is 4.89. The van der Waals surface area contributed by atoms with Crippen LogP contribution in [-0.2, 0) is 0 Å². The van der Waals surface area contributed by atoms with Crippen LogP contribution in [0.25, 0.3) is 21.6 Å². The molecular weight excluding hydrogens is 322 g/mol. The molecule has 0 saturated heterocycles. The highest BCUT2D eigenvalue weighted by atomic mass is 32.1. The highest BCUT2D eigenvalue weighted by Crippen LogP contribution is 2.44. The van der Waals surface area contributed by atoms with Crippen molar-refractivity contribution in [3.63, 3.8) is 0 Å². The van der Waals surface area contributed by atoms with Crippen LogP contribution in [0.15, 0.2) is 42.6 Å². The van der Waals surface area contributed by atoms with Gasteiger partial charge in [0.2, 0.25) is 0 Å². The number of hydrogen-bond donors (Lipinski definition) is 0. The first-order chi connectivity index (χ1) is 11.7. The highest BCUT2D eigenvalue weighted by molar-refractivity contribution is 7.10. The zero-order valence-corrected chi connectivity index (χ0v) is 14.9. The van der Waals surface area contributed by atoms with Crippen molar-refractivity contribution >= 4 is 11.5 Å². The van der Waals surface area contributed by atoms with Crippen molar-refractivity contribution in [2.24, 2.45) is 0 Å². The average molecular weight is 341 g/mol. The second kappa shape index (κ2) is 6.93. The van der Waals surface area contributed by atoms with Gasteiger partial charge in [-0.15, -0.1) is 0 Å². The minimum atomic E-state index is 0.638. The molecule has 0 fully saturated rings. The summed E-state index contributed by atoms with van der Waals surface area (Å²) in [5.41, 5.74) is 4.37. The predicted octanol–water partition coefficient (Wildman–Crippen LogP) is 4.81. The van der Waals surface area contributed by atoms with E-state index in [0.29, 0.717) is 11.5 Å². The summed E-state index contributed by atoms with van der Waals surface area (Å²) in [6, 6.07) is 12.2. The van der Waals surface area contributed by atoms with Gasteiger partial charge < -0.3 is 14.2 Å². The predicted molar refractivity (Wildman–Crippen MR) is 97.4 cm³/mol. The lowest BCUT2D eigenvalue weighted by atomic mass is 10.0. The quantitative estimate of drug-likeness (QED) is 0.668. The molecule has 0 saturated carbocycles. The summed E-state index contributed by atoms with van der Waals surface area (Å²) < 4.78 is 20.8. The first kappa shape index (κ1) is 16.3. The van der Waals surface area contributed by atoms with Gasteiger partial charge in [-0.2, -0.15) is 4.37 Å². The second-order valence-corrected chi connectivity index (χ2v) is 6.14. The van der Waals surface area contributed by atoms with Gasteiger partial charge in [0.25, 0.3) is 0 Å². The van der Waals surface area contributed by atoms with Crippen LogP contribution in [-0.4, -0.2) is 25.7 Å². The SMILES string of the molecule is COc1cc(OC)c(-c2sncc2-c2ccc(C)cc2)cc1OC. The fraction of sp³-hybridized carbons (Fsp3) is 0.211. The van der Waals surface area contributed by atoms with Gasteiger partial charge in [0, 0.05) is 23.4 Å². The third-order valence-corrected chi connectivity index (χ3v) is 4.72. The van der Waals surface area contributed by atoms with E-state index < -0.39 is 0 Å². The Bertz CT molecular complexity index is 840. The number of rotatable bonds is 5. The number of aromatic nitrogens is 1. The zero-order valence-electron chi connectivity index (χ0n) is 14.1. The standard InChI is InChI=1S/C19H19NO3S/c1-12-5-7-13(8-6-12)15-11-20-24-19(15)14-9-17(22-3)18(23-4)10-16(14)21-2/h5-11H,1-4H3. The second-order valence-electron chi connectivity index (χ2n) is 5.34. The maximum absolute atomic E-state index is 5.56. The van der Waals surface area contributed by atoms with Gasteiger partial charge in [-0.25, -0.2) is 0 Å². The monoisotopic (exact) mass is 341 g/mol. The fourth-order valence-electron chi connectivity index (χ4n) is 2.58. The van der Waals surface area contributed by atoms with Crippen molar-refractivity contribution in [2.45, 2.75) is 6.92 Å². The van der Waals surface area contributed by atoms with Crippen molar-refractivity contribution in [2.75, 3.05) is 21.3 Å². The first-order valence-corrected chi connectivity index (χ1v) is 8.27. The van der Waals surface area contributed by atoms with E-state index in [1.165, 1.54) is 17.1 Å². The lowest BCUT2D eigenvalue weighted by Crippen LogP contribution is -1.94. The number of ether oxygens (including phenoxy) is 3. The van der Waals surface area contributed by atoms with Crippen LogP contribution in [0.5, 0.6) is 17.2 Å². The van der Waals surface area contributed by atoms with E-state index in [-0.39, 0.29) is 0 Å². The number of hydrogen-bond acceptors (Lipinski definition) is 5. The van der Waals surface area contributed by atoms with Gasteiger partial charge in [0.15, 0.2) is 11.5 Å². The van der Waals surface area contributed by atoms with Crippen molar-refractivity contribution in [1.29, 1.82) is 0 Å². The van der Waals surface area contributed by atoms with E-state index >= 15 is 0 Å². The maximum Gasteiger partial charge on any atom is 0.164 e. The molecule has 2 aromatic carbocycles. The van der Waals surface area contributed by atoms with Crippen molar-refractivity contribution in [3.05, 3.63) is 48.2 Å². The van der Waals surface area contributed by atoms with Gasteiger partial charge in [0.1, 0.15) is 5.75 Å². The van der Waals surface area contributed by atoms with Crippen LogP contribution in [0.2, 0.25) is 0 Å². The Morgan fingerprint density at radius 2 is 1.42 bits per heavy atom. The maximum atomic E-state index is 5.56.